The summed E-state index contributed by atoms with van der Waals surface area (Å²) in [6, 6.07) is 26.6. The van der Waals surface area contributed by atoms with Gasteiger partial charge in [-0.15, -0.1) is 0 Å². The highest BCUT2D eigenvalue weighted by atomic mass is 16.6. The maximum Gasteiger partial charge on any atom is 0.350 e. The quantitative estimate of drug-likeness (QED) is 0.100. The first-order chi connectivity index (χ1) is 16.9. The van der Waals surface area contributed by atoms with Gasteiger partial charge in [-0.25, -0.2) is 4.79 Å². The van der Waals surface area contributed by atoms with Crippen LogP contribution < -0.4 is 10.1 Å². The lowest BCUT2D eigenvalue weighted by Gasteiger charge is -2.07. The molecule has 0 aromatic heterocycles. The number of carbonyl (C=O) groups is 2. The molecule has 8 heteroatoms. The lowest BCUT2D eigenvalue weighted by Crippen LogP contribution is -2.13. The van der Waals surface area contributed by atoms with Crippen LogP contribution in [0.4, 0.5) is 11.4 Å². The molecule has 0 saturated carbocycles. The summed E-state index contributed by atoms with van der Waals surface area (Å²) in [6.45, 7) is 0. The third kappa shape index (κ3) is 5.38. The van der Waals surface area contributed by atoms with Crippen LogP contribution in [0.2, 0.25) is 0 Å². The molecule has 4 aromatic rings. The van der Waals surface area contributed by atoms with Gasteiger partial charge < -0.3 is 10.1 Å². The van der Waals surface area contributed by atoms with Crippen molar-refractivity contribution in [3.8, 4) is 11.8 Å². The van der Waals surface area contributed by atoms with Gasteiger partial charge in [-0.05, 0) is 52.7 Å². The molecule has 1 N–H and O–H groups in total. The number of anilines is 1. The summed E-state index contributed by atoms with van der Waals surface area (Å²) in [5.74, 6) is -1.27. The smallest absolute Gasteiger partial charge is 0.350 e. The molecule has 0 aliphatic carbocycles. The maximum atomic E-state index is 12.6. The van der Waals surface area contributed by atoms with E-state index >= 15 is 0 Å². The molecule has 0 fully saturated rings. The number of ether oxygens (including phenoxy) is 1. The van der Waals surface area contributed by atoms with E-state index in [1.807, 2.05) is 42.5 Å². The van der Waals surface area contributed by atoms with Gasteiger partial charge in [-0.1, -0.05) is 54.6 Å². The fourth-order valence-electron chi connectivity index (χ4n) is 3.38. The van der Waals surface area contributed by atoms with Crippen molar-refractivity contribution < 1.29 is 19.2 Å². The van der Waals surface area contributed by atoms with Crippen molar-refractivity contribution in [2.75, 3.05) is 5.32 Å². The van der Waals surface area contributed by atoms with Crippen LogP contribution in [0.5, 0.6) is 5.75 Å². The summed E-state index contributed by atoms with van der Waals surface area (Å²) in [5.41, 5.74) is 0.461. The van der Waals surface area contributed by atoms with Gasteiger partial charge >= 0.3 is 5.97 Å². The molecule has 0 heterocycles. The van der Waals surface area contributed by atoms with Gasteiger partial charge in [0.25, 0.3) is 11.6 Å². The number of hydrogen-bond acceptors (Lipinski definition) is 6. The Bertz CT molecular complexity index is 1520. The predicted octanol–water partition coefficient (Wildman–Crippen LogP) is 5.51. The van der Waals surface area contributed by atoms with Crippen LogP contribution in [0.15, 0.2) is 96.6 Å². The van der Waals surface area contributed by atoms with Crippen molar-refractivity contribution in [1.29, 1.82) is 5.26 Å². The zero-order chi connectivity index (χ0) is 24.8. The fourth-order valence-corrected chi connectivity index (χ4v) is 3.38. The number of benzene rings is 4. The Morgan fingerprint density at radius 2 is 1.60 bits per heavy atom. The Hall–Kier alpha value is -5.29. The van der Waals surface area contributed by atoms with E-state index in [1.54, 1.807) is 18.2 Å². The number of nitro benzene ring substituents is 1. The fraction of sp³-hybridized carbons (Fsp3) is 0. The summed E-state index contributed by atoms with van der Waals surface area (Å²) < 4.78 is 5.23. The number of para-hydroxylation sites is 1. The first-order valence-corrected chi connectivity index (χ1v) is 10.4. The Morgan fingerprint density at radius 1 is 0.914 bits per heavy atom. The Balaban J connectivity index is 1.46. The minimum absolute atomic E-state index is 0.109. The molecular formula is C27H17N3O5. The Morgan fingerprint density at radius 3 is 2.31 bits per heavy atom. The van der Waals surface area contributed by atoms with Crippen LogP contribution >= 0.6 is 0 Å². The van der Waals surface area contributed by atoms with E-state index in [-0.39, 0.29) is 22.6 Å². The van der Waals surface area contributed by atoms with Crippen molar-refractivity contribution >= 4 is 40.1 Å². The largest absolute Gasteiger partial charge is 0.423 e. The zero-order valence-corrected chi connectivity index (χ0v) is 18.2. The van der Waals surface area contributed by atoms with Crippen LogP contribution in [-0.2, 0) is 4.79 Å². The second-order valence-corrected chi connectivity index (χ2v) is 7.42. The average Bonchev–Trinajstić information content (AvgIpc) is 2.88. The number of rotatable bonds is 6. The third-order valence-corrected chi connectivity index (χ3v) is 5.09. The Kier molecular flexibility index (Phi) is 6.61. The van der Waals surface area contributed by atoms with Crippen molar-refractivity contribution in [2.45, 2.75) is 0 Å². The van der Waals surface area contributed by atoms with Gasteiger partial charge in [0.05, 0.1) is 4.92 Å². The van der Waals surface area contributed by atoms with Gasteiger partial charge in [0.2, 0.25) is 0 Å². The molecule has 0 saturated heterocycles. The number of amides is 1. The summed E-state index contributed by atoms with van der Waals surface area (Å²) in [5, 5.41) is 25.3. The number of hydrogen-bond donors (Lipinski definition) is 1. The van der Waals surface area contributed by atoms with Crippen molar-refractivity contribution in [3.63, 3.8) is 0 Å². The van der Waals surface area contributed by atoms with E-state index in [0.29, 0.717) is 11.3 Å². The highest BCUT2D eigenvalue weighted by molar-refractivity contribution is 6.10. The normalized spacial score (nSPS) is 10.9. The highest BCUT2D eigenvalue weighted by Gasteiger charge is 2.21. The van der Waals surface area contributed by atoms with E-state index in [1.165, 1.54) is 42.5 Å². The van der Waals surface area contributed by atoms with Gasteiger partial charge in [0.15, 0.2) is 0 Å². The van der Waals surface area contributed by atoms with Crippen LogP contribution in [0.25, 0.3) is 16.8 Å². The molecule has 0 atom stereocenters. The molecule has 170 valence electrons. The molecule has 0 aliphatic heterocycles. The molecule has 0 spiro atoms. The third-order valence-electron chi connectivity index (χ3n) is 5.09. The molecule has 0 unspecified atom stereocenters. The first kappa shape index (κ1) is 22.9. The number of fused-ring (bicyclic) bond motifs is 1. The molecule has 0 radical (unpaired) electrons. The summed E-state index contributed by atoms with van der Waals surface area (Å²) >= 11 is 0. The lowest BCUT2D eigenvalue weighted by atomic mass is 10.1. The van der Waals surface area contributed by atoms with Gasteiger partial charge in [0.1, 0.15) is 23.0 Å². The molecule has 8 nitrogen and oxygen atoms in total. The first-order valence-electron chi connectivity index (χ1n) is 10.4. The lowest BCUT2D eigenvalue weighted by molar-refractivity contribution is -0.385. The second-order valence-electron chi connectivity index (χ2n) is 7.42. The van der Waals surface area contributed by atoms with Crippen LogP contribution in [-0.4, -0.2) is 16.8 Å². The molecule has 0 aliphatic rings. The van der Waals surface area contributed by atoms with Gasteiger partial charge in [-0.3, -0.25) is 14.9 Å². The van der Waals surface area contributed by atoms with Crippen molar-refractivity contribution in [3.05, 3.63) is 118 Å². The number of nitrogens with zero attached hydrogens (tertiary/aromatic N) is 2. The molecule has 4 aromatic carbocycles. The maximum absolute atomic E-state index is 12.6. The summed E-state index contributed by atoms with van der Waals surface area (Å²) in [4.78, 5) is 35.4. The number of nitriles is 1. The van der Waals surface area contributed by atoms with Crippen LogP contribution in [0.3, 0.4) is 0 Å². The molecule has 1 amide bonds. The van der Waals surface area contributed by atoms with Crippen LogP contribution in [0, 0.1) is 21.4 Å². The minimum Gasteiger partial charge on any atom is -0.423 e. The van der Waals surface area contributed by atoms with E-state index in [2.05, 4.69) is 5.32 Å². The minimum atomic E-state index is -0.868. The summed E-state index contributed by atoms with van der Waals surface area (Å²) in [7, 11) is 0. The number of esters is 1. The molecule has 4 rings (SSSR count). The van der Waals surface area contributed by atoms with Crippen molar-refractivity contribution in [1.82, 2.24) is 0 Å². The Labute approximate surface area is 199 Å². The van der Waals surface area contributed by atoms with Gasteiger partial charge in [-0.2, -0.15) is 5.26 Å². The van der Waals surface area contributed by atoms with E-state index in [4.69, 9.17) is 4.74 Å². The molecule has 35 heavy (non-hydrogen) atoms. The second kappa shape index (κ2) is 10.1. The standard InChI is InChI=1S/C27H17N3O5/c28-17-21(26(31)29-22-12-11-19-5-1-2-6-20(19)16-22)15-18-9-13-23(14-10-18)35-27(32)24-7-3-4-8-25(24)30(33)34/h1-16H,(H,29,31)/b21-15+. The van der Waals surface area contributed by atoms with Crippen molar-refractivity contribution in [2.24, 2.45) is 0 Å². The van der Waals surface area contributed by atoms with E-state index in [0.717, 1.165) is 10.8 Å². The molecule has 0 bridgehead atoms. The zero-order valence-electron chi connectivity index (χ0n) is 18.2. The van der Waals surface area contributed by atoms with E-state index < -0.39 is 16.8 Å². The summed E-state index contributed by atoms with van der Waals surface area (Å²) in [6.07, 6.45) is 1.41. The molecular weight excluding hydrogens is 446 g/mol. The monoisotopic (exact) mass is 463 g/mol. The van der Waals surface area contributed by atoms with Crippen LogP contribution in [0.1, 0.15) is 15.9 Å². The van der Waals surface area contributed by atoms with E-state index in [9.17, 15) is 25.0 Å². The SMILES string of the molecule is N#C/C(=C\c1ccc(OC(=O)c2ccccc2[N+](=O)[O-])cc1)C(=O)Nc1ccc2ccccc2c1. The number of nitrogens with one attached hydrogen (secondary N) is 1. The number of nitro groups is 1. The number of carbonyl (C=O) groups excluding carboxylic acids is 2. The highest BCUT2D eigenvalue weighted by Crippen LogP contribution is 2.22. The average molecular weight is 463 g/mol. The topological polar surface area (TPSA) is 122 Å². The van der Waals surface area contributed by atoms with Gasteiger partial charge in [0, 0.05) is 11.8 Å². The predicted molar refractivity (Wildman–Crippen MR) is 131 cm³/mol.